The van der Waals surface area contributed by atoms with Crippen molar-refractivity contribution in [2.75, 3.05) is 40.3 Å². The van der Waals surface area contributed by atoms with Crippen LogP contribution in [-0.2, 0) is 23.7 Å². The van der Waals surface area contributed by atoms with E-state index in [-0.39, 0.29) is 36.2 Å². The molecule has 7 rings (SSSR count). The lowest BCUT2D eigenvalue weighted by molar-refractivity contribution is -0.323. The molecule has 0 aromatic heterocycles. The minimum absolute atomic E-state index is 0.0434. The number of methoxy groups -OCH3 is 1. The molecule has 17 heteroatoms. The van der Waals surface area contributed by atoms with E-state index < -0.39 is 80.9 Å². The van der Waals surface area contributed by atoms with Gasteiger partial charge in [-0.15, -0.1) is 0 Å². The summed E-state index contributed by atoms with van der Waals surface area (Å²) < 4.78 is 57.2. The molecule has 4 saturated heterocycles. The fraction of sp³-hybridized carbons (Fsp3) is 0.625. The summed E-state index contributed by atoms with van der Waals surface area (Å²) in [4.78, 5) is 0. The van der Waals surface area contributed by atoms with Crippen molar-refractivity contribution in [3.63, 3.8) is 0 Å². The van der Waals surface area contributed by atoms with Crippen LogP contribution in [0.1, 0.15) is 11.7 Å². The topological polar surface area (TPSA) is 234 Å². The monoisotopic (exact) mass is 696 g/mol. The van der Waals surface area contributed by atoms with E-state index in [4.69, 9.17) is 47.4 Å². The average Bonchev–Trinajstić information content (AvgIpc) is 3.86. The van der Waals surface area contributed by atoms with Gasteiger partial charge in [-0.25, -0.2) is 0 Å². The first-order chi connectivity index (χ1) is 23.7. The van der Waals surface area contributed by atoms with Crippen LogP contribution in [0.15, 0.2) is 36.4 Å². The summed E-state index contributed by atoms with van der Waals surface area (Å²) in [7, 11) is 1.41. The molecule has 5 heterocycles. The number of aliphatic hydroxyl groups excluding tert-OH is 7. The van der Waals surface area contributed by atoms with Crippen molar-refractivity contribution in [1.82, 2.24) is 0 Å². The van der Waals surface area contributed by atoms with Gasteiger partial charge in [0.1, 0.15) is 54.6 Å². The van der Waals surface area contributed by atoms with Crippen LogP contribution in [-0.4, -0.2) is 144 Å². The van der Waals surface area contributed by atoms with E-state index >= 15 is 0 Å². The standard InChI is InChI=1S/C32H40O17/c1-40-19-7-14(46-30-16-10-41-29(15(16)9-42-30)13-2-4-17-20(6-13)45-12-44-17)3-5-18(19)47-32-28(39)26(37)24(35)22(49-32)11-43-31-27(38)25(36)23(34)21(8-33)48-31/h2-7,15-16,21-39H,8-12H2,1H3. The molecule has 49 heavy (non-hydrogen) atoms. The molecule has 0 spiro atoms. The molecule has 0 aliphatic carbocycles. The Labute approximate surface area is 279 Å². The maximum Gasteiger partial charge on any atom is 0.231 e. The van der Waals surface area contributed by atoms with Crippen LogP contribution in [0.2, 0.25) is 0 Å². The average molecular weight is 697 g/mol. The third-order valence-corrected chi connectivity index (χ3v) is 9.51. The van der Waals surface area contributed by atoms with E-state index in [1.807, 2.05) is 18.2 Å². The molecular weight excluding hydrogens is 656 g/mol. The quantitative estimate of drug-likeness (QED) is 0.145. The van der Waals surface area contributed by atoms with Crippen LogP contribution in [0.5, 0.6) is 28.7 Å². The van der Waals surface area contributed by atoms with Gasteiger partial charge in [0.05, 0.1) is 45.6 Å². The van der Waals surface area contributed by atoms with E-state index in [9.17, 15) is 35.7 Å². The van der Waals surface area contributed by atoms with Crippen molar-refractivity contribution in [2.45, 2.75) is 73.8 Å². The van der Waals surface area contributed by atoms with Gasteiger partial charge >= 0.3 is 0 Å². The van der Waals surface area contributed by atoms with E-state index in [0.717, 1.165) is 5.56 Å². The number of fused-ring (bicyclic) bond motifs is 2. The van der Waals surface area contributed by atoms with Crippen LogP contribution < -0.4 is 23.7 Å². The molecule has 14 unspecified atom stereocenters. The Morgan fingerprint density at radius 2 is 1.39 bits per heavy atom. The largest absolute Gasteiger partial charge is 0.493 e. The molecule has 5 aliphatic heterocycles. The minimum atomic E-state index is -1.72. The molecule has 270 valence electrons. The van der Waals surface area contributed by atoms with E-state index in [0.29, 0.717) is 30.5 Å². The van der Waals surface area contributed by atoms with Crippen LogP contribution >= 0.6 is 0 Å². The van der Waals surface area contributed by atoms with Crippen LogP contribution in [0.3, 0.4) is 0 Å². The van der Waals surface area contributed by atoms with E-state index in [1.54, 1.807) is 12.1 Å². The smallest absolute Gasteiger partial charge is 0.231 e. The maximum absolute atomic E-state index is 10.7. The lowest BCUT2D eigenvalue weighted by Crippen LogP contribution is -2.62. The zero-order valence-electron chi connectivity index (χ0n) is 26.3. The number of ether oxygens (including phenoxy) is 10. The Balaban J connectivity index is 0.976. The summed E-state index contributed by atoms with van der Waals surface area (Å²) in [5, 5.41) is 71.4. The summed E-state index contributed by atoms with van der Waals surface area (Å²) in [6.45, 7) is -0.115. The number of aliphatic hydroxyl groups is 7. The van der Waals surface area contributed by atoms with Crippen LogP contribution in [0.4, 0.5) is 0 Å². The molecule has 2 aromatic rings. The second kappa shape index (κ2) is 14.3. The summed E-state index contributed by atoms with van der Waals surface area (Å²) in [6, 6.07) is 10.5. The predicted molar refractivity (Wildman–Crippen MR) is 159 cm³/mol. The van der Waals surface area contributed by atoms with Crippen LogP contribution in [0, 0.1) is 11.8 Å². The second-order valence-corrected chi connectivity index (χ2v) is 12.5. The number of hydrogen-bond acceptors (Lipinski definition) is 17. The fourth-order valence-corrected chi connectivity index (χ4v) is 6.69. The fourth-order valence-electron chi connectivity index (χ4n) is 6.69. The van der Waals surface area contributed by atoms with Crippen molar-refractivity contribution in [3.8, 4) is 28.7 Å². The van der Waals surface area contributed by atoms with Crippen molar-refractivity contribution in [1.29, 1.82) is 0 Å². The molecule has 5 aliphatic rings. The van der Waals surface area contributed by atoms with Gasteiger partial charge in [0, 0.05) is 12.0 Å². The predicted octanol–water partition coefficient (Wildman–Crippen LogP) is -1.83. The second-order valence-electron chi connectivity index (χ2n) is 12.5. The minimum Gasteiger partial charge on any atom is -0.493 e. The highest BCUT2D eigenvalue weighted by atomic mass is 16.7. The molecule has 4 fully saturated rings. The Morgan fingerprint density at radius 3 is 2.16 bits per heavy atom. The van der Waals surface area contributed by atoms with Gasteiger partial charge in [-0.1, -0.05) is 6.07 Å². The van der Waals surface area contributed by atoms with E-state index in [1.165, 1.54) is 13.2 Å². The number of benzene rings is 2. The summed E-state index contributed by atoms with van der Waals surface area (Å²) >= 11 is 0. The van der Waals surface area contributed by atoms with Gasteiger partial charge in [-0.05, 0) is 29.8 Å². The van der Waals surface area contributed by atoms with Gasteiger partial charge in [0.25, 0.3) is 0 Å². The third kappa shape index (κ3) is 6.62. The van der Waals surface area contributed by atoms with Crippen molar-refractivity contribution in [2.24, 2.45) is 11.8 Å². The molecule has 17 nitrogen and oxygen atoms in total. The summed E-state index contributed by atoms with van der Waals surface area (Å²) in [6.07, 6.45) is -16.3. The number of hydrogen-bond donors (Lipinski definition) is 7. The SMILES string of the molecule is COc1cc(OC2OCC3C(c4ccc5c(c4)OCO5)OCC23)ccc1OC1OC(COC2OC(CO)C(O)C(O)C2O)C(O)C(O)C1O. The van der Waals surface area contributed by atoms with Gasteiger partial charge in [0.2, 0.25) is 19.4 Å². The van der Waals surface area contributed by atoms with Crippen molar-refractivity contribution in [3.05, 3.63) is 42.0 Å². The Morgan fingerprint density at radius 1 is 0.673 bits per heavy atom. The molecule has 0 bridgehead atoms. The molecule has 2 aromatic carbocycles. The van der Waals surface area contributed by atoms with Crippen molar-refractivity contribution >= 4 is 0 Å². The Kier molecular flexibility index (Phi) is 10.0. The molecule has 0 radical (unpaired) electrons. The zero-order valence-corrected chi connectivity index (χ0v) is 26.3. The zero-order chi connectivity index (χ0) is 34.4. The molecule has 14 atom stereocenters. The van der Waals surface area contributed by atoms with Gasteiger partial charge < -0.3 is 83.1 Å². The highest BCUT2D eigenvalue weighted by Gasteiger charge is 2.50. The first-order valence-electron chi connectivity index (χ1n) is 15.9. The third-order valence-electron chi connectivity index (χ3n) is 9.51. The summed E-state index contributed by atoms with van der Waals surface area (Å²) in [5.41, 5.74) is 0.969. The lowest BCUT2D eigenvalue weighted by Gasteiger charge is -2.42. The van der Waals surface area contributed by atoms with Gasteiger partial charge in [-0.2, -0.15) is 0 Å². The highest BCUT2D eigenvalue weighted by molar-refractivity contribution is 5.46. The molecule has 0 saturated carbocycles. The molecule has 0 amide bonds. The Bertz CT molecular complexity index is 1440. The lowest BCUT2D eigenvalue weighted by atomic mass is 9.89. The van der Waals surface area contributed by atoms with E-state index in [2.05, 4.69) is 0 Å². The van der Waals surface area contributed by atoms with Gasteiger partial charge in [0.15, 0.2) is 29.3 Å². The van der Waals surface area contributed by atoms with Crippen LogP contribution in [0.25, 0.3) is 0 Å². The first-order valence-corrected chi connectivity index (χ1v) is 15.9. The first kappa shape index (κ1) is 34.4. The summed E-state index contributed by atoms with van der Waals surface area (Å²) in [5.74, 6) is 2.12. The Hall–Kier alpha value is -3.04. The normalized spacial score (nSPS) is 39.8. The molecule has 7 N–H and O–H groups in total. The highest BCUT2D eigenvalue weighted by Crippen LogP contribution is 2.47. The molecular formula is C32H40O17. The van der Waals surface area contributed by atoms with Crippen molar-refractivity contribution < 1.29 is 83.1 Å². The number of rotatable bonds is 10. The van der Waals surface area contributed by atoms with Gasteiger partial charge in [-0.3, -0.25) is 0 Å². The maximum atomic E-state index is 10.7.